The Balaban J connectivity index is 1.47. The fourth-order valence-corrected chi connectivity index (χ4v) is 6.02. The van der Waals surface area contributed by atoms with Crippen LogP contribution in [0.15, 0.2) is 40.5 Å². The quantitative estimate of drug-likeness (QED) is 0.324. The number of piperidine rings is 1. The van der Waals surface area contributed by atoms with Crippen molar-refractivity contribution >= 4 is 28.2 Å². The van der Waals surface area contributed by atoms with Gasteiger partial charge in [-0.25, -0.2) is 9.67 Å². The Morgan fingerprint density at radius 2 is 2.00 bits per heavy atom. The summed E-state index contributed by atoms with van der Waals surface area (Å²) in [7, 11) is 1.60. The minimum atomic E-state index is -0.318. The predicted molar refractivity (Wildman–Crippen MR) is 148 cm³/mol. The van der Waals surface area contributed by atoms with E-state index in [0.29, 0.717) is 59.5 Å². The average molecular weight is 550 g/mol. The molecule has 10 nitrogen and oxygen atoms in total. The third-order valence-electron chi connectivity index (χ3n) is 7.00. The summed E-state index contributed by atoms with van der Waals surface area (Å²) < 4.78 is 13.9. The molecule has 0 radical (unpaired) electrons. The van der Waals surface area contributed by atoms with Crippen LogP contribution in [0.3, 0.4) is 0 Å². The highest BCUT2D eigenvalue weighted by Gasteiger charge is 2.30. The number of esters is 1. The van der Waals surface area contributed by atoms with Crippen LogP contribution in [-0.4, -0.2) is 62.7 Å². The first-order valence-electron chi connectivity index (χ1n) is 13.0. The summed E-state index contributed by atoms with van der Waals surface area (Å²) in [5, 5.41) is 6.55. The maximum absolute atomic E-state index is 13.9. The fraction of sp³-hybridized carbons (Fsp3) is 0.393. The summed E-state index contributed by atoms with van der Waals surface area (Å²) in [6.07, 6.45) is 1.48. The number of carbonyl (C=O) groups excluding carboxylic acids is 2. The molecule has 1 aliphatic heterocycles. The smallest absolute Gasteiger partial charge is 0.310 e. The highest BCUT2D eigenvalue weighted by Crippen LogP contribution is 2.27. The van der Waals surface area contributed by atoms with Crippen LogP contribution in [0.1, 0.15) is 36.8 Å². The number of benzene rings is 1. The first-order chi connectivity index (χ1) is 18.8. The summed E-state index contributed by atoms with van der Waals surface area (Å²) in [4.78, 5) is 46.2. The summed E-state index contributed by atoms with van der Waals surface area (Å²) in [6.45, 7) is 6.71. The largest absolute Gasteiger partial charge is 0.494 e. The van der Waals surface area contributed by atoms with Crippen LogP contribution in [0.25, 0.3) is 21.9 Å². The lowest BCUT2D eigenvalue weighted by molar-refractivity contribution is -0.151. The highest BCUT2D eigenvalue weighted by atomic mass is 32.1. The van der Waals surface area contributed by atoms with E-state index in [1.54, 1.807) is 35.9 Å². The molecule has 1 atom stereocenters. The molecule has 0 unspecified atom stereocenters. The average Bonchev–Trinajstić information content (AvgIpc) is 3.51. The zero-order valence-electron chi connectivity index (χ0n) is 22.5. The Morgan fingerprint density at radius 1 is 1.21 bits per heavy atom. The lowest BCUT2D eigenvalue weighted by Gasteiger charge is -2.31. The number of likely N-dealkylation sites (tertiary alicyclic amines) is 1. The number of hydrogen-bond acceptors (Lipinski definition) is 8. The lowest BCUT2D eigenvalue weighted by Crippen LogP contribution is -2.43. The molecular weight excluding hydrogens is 518 g/mol. The van der Waals surface area contributed by atoms with E-state index in [9.17, 15) is 14.4 Å². The first kappa shape index (κ1) is 26.6. The van der Waals surface area contributed by atoms with E-state index in [-0.39, 0.29) is 29.8 Å². The molecule has 1 aliphatic rings. The summed E-state index contributed by atoms with van der Waals surface area (Å²) >= 11 is 1.32. The van der Waals surface area contributed by atoms with Crippen molar-refractivity contribution in [3.8, 4) is 22.7 Å². The molecular formula is C28H31N5O5S. The number of aryl methyl sites for hydroxylation is 2. The third-order valence-corrected chi connectivity index (χ3v) is 7.88. The number of methoxy groups -OCH3 is 1. The van der Waals surface area contributed by atoms with Gasteiger partial charge in [-0.05, 0) is 51.8 Å². The van der Waals surface area contributed by atoms with Crippen molar-refractivity contribution < 1.29 is 19.1 Å². The van der Waals surface area contributed by atoms with E-state index in [2.05, 4.69) is 4.98 Å². The van der Waals surface area contributed by atoms with Gasteiger partial charge in [0.05, 0.1) is 37.3 Å². The zero-order chi connectivity index (χ0) is 27.7. The molecule has 0 bridgehead atoms. The summed E-state index contributed by atoms with van der Waals surface area (Å²) in [5.41, 5.74) is 3.35. The van der Waals surface area contributed by atoms with Crippen LogP contribution in [0, 0.1) is 19.8 Å². The molecule has 4 aromatic rings. The molecule has 0 aliphatic carbocycles. The fourth-order valence-electron chi connectivity index (χ4n) is 5.09. The van der Waals surface area contributed by atoms with E-state index in [0.717, 1.165) is 17.8 Å². The van der Waals surface area contributed by atoms with Crippen LogP contribution >= 0.6 is 11.3 Å². The number of nitrogens with zero attached hydrogens (tertiary/aromatic N) is 5. The van der Waals surface area contributed by atoms with E-state index >= 15 is 0 Å². The zero-order valence-corrected chi connectivity index (χ0v) is 23.3. The Labute approximate surface area is 229 Å². The summed E-state index contributed by atoms with van der Waals surface area (Å²) in [5.74, 6) is -0.0469. The van der Waals surface area contributed by atoms with Gasteiger partial charge in [0.25, 0.3) is 5.56 Å². The van der Waals surface area contributed by atoms with E-state index < -0.39 is 0 Å². The molecule has 5 rings (SSSR count). The van der Waals surface area contributed by atoms with Crippen molar-refractivity contribution in [2.75, 3.05) is 26.8 Å². The van der Waals surface area contributed by atoms with Crippen LogP contribution in [0.4, 0.5) is 0 Å². The number of carbonyl (C=O) groups is 2. The van der Waals surface area contributed by atoms with Crippen molar-refractivity contribution in [2.24, 2.45) is 5.92 Å². The molecule has 1 saturated heterocycles. The Hall–Kier alpha value is -3.99. The topological polar surface area (TPSA) is 108 Å². The lowest BCUT2D eigenvalue weighted by atomic mass is 9.98. The van der Waals surface area contributed by atoms with Crippen LogP contribution in [0.5, 0.6) is 5.75 Å². The molecule has 4 heterocycles. The minimum Gasteiger partial charge on any atom is -0.494 e. The number of ether oxygens (including phenoxy) is 2. The molecule has 11 heteroatoms. The van der Waals surface area contributed by atoms with Crippen molar-refractivity contribution in [1.29, 1.82) is 0 Å². The second-order valence-corrected chi connectivity index (χ2v) is 10.4. The maximum atomic E-state index is 13.9. The second-order valence-electron chi connectivity index (χ2n) is 9.58. The highest BCUT2D eigenvalue weighted by molar-refractivity contribution is 7.15. The Morgan fingerprint density at radius 3 is 2.77 bits per heavy atom. The number of aromatic nitrogens is 4. The van der Waals surface area contributed by atoms with Gasteiger partial charge in [-0.2, -0.15) is 5.10 Å². The number of rotatable bonds is 7. The van der Waals surface area contributed by atoms with Gasteiger partial charge in [-0.3, -0.25) is 18.8 Å². The van der Waals surface area contributed by atoms with Crippen LogP contribution in [0.2, 0.25) is 0 Å². The van der Waals surface area contributed by atoms with Gasteiger partial charge in [0.2, 0.25) is 5.91 Å². The maximum Gasteiger partial charge on any atom is 0.310 e. The first-order valence-corrected chi connectivity index (χ1v) is 13.8. The van der Waals surface area contributed by atoms with Crippen molar-refractivity contribution in [3.05, 3.63) is 63.1 Å². The molecule has 0 saturated carbocycles. The monoisotopic (exact) mass is 549 g/mol. The van der Waals surface area contributed by atoms with Gasteiger partial charge in [0.1, 0.15) is 17.1 Å². The van der Waals surface area contributed by atoms with Gasteiger partial charge in [-0.1, -0.05) is 12.1 Å². The molecule has 0 spiro atoms. The number of hydrogen-bond donors (Lipinski definition) is 0. The number of thiazole rings is 1. The van der Waals surface area contributed by atoms with Crippen LogP contribution < -0.4 is 10.3 Å². The van der Waals surface area contributed by atoms with Gasteiger partial charge in [-0.15, -0.1) is 11.3 Å². The molecule has 204 valence electrons. The predicted octanol–water partition coefficient (Wildman–Crippen LogP) is 3.58. The molecule has 3 aromatic heterocycles. The minimum absolute atomic E-state index is 0.0360. The second kappa shape index (κ2) is 11.0. The molecule has 1 aromatic carbocycles. The number of para-hydroxylation sites is 2. The number of amides is 1. The SMILES string of the molecule is CCOC(=O)[C@H]1CCCN(C(=O)Cc2csc3nc(C)c(-c4cc(C)n(-c5ccccc5OC)n4)c(=O)n23)C1. The van der Waals surface area contributed by atoms with Gasteiger partial charge in [0.15, 0.2) is 4.96 Å². The van der Waals surface area contributed by atoms with E-state index in [1.807, 2.05) is 37.3 Å². The number of fused-ring (bicyclic) bond motifs is 1. The normalized spacial score (nSPS) is 15.5. The van der Waals surface area contributed by atoms with E-state index in [4.69, 9.17) is 14.6 Å². The third kappa shape index (κ3) is 5.06. The standard InChI is InChI=1S/C28H31N5O5S/c1-5-38-27(36)19-9-8-12-31(15-19)24(34)14-20-16-39-28-29-18(3)25(26(35)32(20)28)21-13-17(2)33(30-21)22-10-6-7-11-23(22)37-4/h6-7,10-11,13,16,19H,5,8-9,12,14-15H2,1-4H3/t19-/m0/s1. The molecule has 1 fully saturated rings. The Kier molecular flexibility index (Phi) is 7.51. The van der Waals surface area contributed by atoms with Crippen molar-refractivity contribution in [3.63, 3.8) is 0 Å². The van der Waals surface area contributed by atoms with Gasteiger partial charge >= 0.3 is 5.97 Å². The molecule has 1 amide bonds. The Bertz CT molecular complexity index is 1600. The van der Waals surface area contributed by atoms with Crippen molar-refractivity contribution in [2.45, 2.75) is 40.0 Å². The van der Waals surface area contributed by atoms with E-state index in [1.165, 1.54) is 15.7 Å². The molecule has 0 N–H and O–H groups in total. The molecule has 39 heavy (non-hydrogen) atoms. The van der Waals surface area contributed by atoms with Gasteiger partial charge in [0, 0.05) is 29.9 Å². The van der Waals surface area contributed by atoms with Crippen molar-refractivity contribution in [1.82, 2.24) is 24.1 Å². The van der Waals surface area contributed by atoms with Gasteiger partial charge < -0.3 is 14.4 Å². The summed E-state index contributed by atoms with van der Waals surface area (Å²) in [6, 6.07) is 9.40. The van der Waals surface area contributed by atoms with Crippen LogP contribution in [-0.2, 0) is 20.7 Å².